The molecule has 0 amide bonds. The molecule has 0 bridgehead atoms. The zero-order chi connectivity index (χ0) is 26.4. The molecule has 2 heterocycles. The van der Waals surface area contributed by atoms with Crippen LogP contribution >= 0.6 is 0 Å². The van der Waals surface area contributed by atoms with E-state index in [-0.39, 0.29) is 5.56 Å². The largest absolute Gasteiger partial charge is 0.366 e. The highest BCUT2D eigenvalue weighted by molar-refractivity contribution is 6.16. The number of imidazole rings is 1. The van der Waals surface area contributed by atoms with Crippen LogP contribution in [0.2, 0.25) is 0 Å². The molecule has 0 aliphatic rings. The Morgan fingerprint density at radius 3 is 2.39 bits per heavy atom. The summed E-state index contributed by atoms with van der Waals surface area (Å²) in [5.74, 6) is 0. The van der Waals surface area contributed by atoms with Crippen molar-refractivity contribution in [1.82, 2.24) is 9.38 Å². The summed E-state index contributed by atoms with van der Waals surface area (Å²) in [6, 6.07) is 25.8. The van der Waals surface area contributed by atoms with Crippen LogP contribution < -0.4 is 10.5 Å². The maximum absolute atomic E-state index is 13.4. The van der Waals surface area contributed by atoms with Gasteiger partial charge in [0.15, 0.2) is 0 Å². The van der Waals surface area contributed by atoms with Crippen molar-refractivity contribution in [3.8, 4) is 0 Å². The van der Waals surface area contributed by atoms with Gasteiger partial charge in [-0.05, 0) is 66.9 Å². The smallest absolute Gasteiger partial charge is 0.264 e. The molecule has 2 aromatic heterocycles. The molecule has 4 aromatic carbocycles. The number of quaternary nitrogens is 1. The zero-order valence-electron chi connectivity index (χ0n) is 22.2. The zero-order valence-corrected chi connectivity index (χ0v) is 22.2. The van der Waals surface area contributed by atoms with Gasteiger partial charge < -0.3 is 9.38 Å². The van der Waals surface area contributed by atoms with E-state index in [2.05, 4.69) is 55.3 Å². The summed E-state index contributed by atoms with van der Waals surface area (Å²) in [4.78, 5) is 20.6. The average Bonchev–Trinajstić information content (AvgIpc) is 3.31. The number of pyridine rings is 1. The number of azo groups is 1. The van der Waals surface area contributed by atoms with E-state index in [1.165, 1.54) is 5.69 Å². The fourth-order valence-corrected chi connectivity index (χ4v) is 5.09. The Morgan fingerprint density at radius 2 is 1.63 bits per heavy atom. The normalized spacial score (nSPS) is 12.5. The van der Waals surface area contributed by atoms with Crippen molar-refractivity contribution >= 4 is 55.3 Å². The summed E-state index contributed by atoms with van der Waals surface area (Å²) >= 11 is 0. The molecular formula is C31H31N6O+. The minimum Gasteiger partial charge on any atom is -0.366 e. The molecule has 6 rings (SSSR count). The van der Waals surface area contributed by atoms with Crippen LogP contribution in [0.3, 0.4) is 0 Å². The second-order valence-electron chi connectivity index (χ2n) is 10.8. The van der Waals surface area contributed by atoms with E-state index in [1.807, 2.05) is 66.7 Å². The van der Waals surface area contributed by atoms with E-state index < -0.39 is 0 Å². The fourth-order valence-electron chi connectivity index (χ4n) is 5.09. The monoisotopic (exact) mass is 503 g/mol. The molecule has 7 nitrogen and oxygen atoms in total. The first-order chi connectivity index (χ1) is 18.3. The van der Waals surface area contributed by atoms with Crippen molar-refractivity contribution in [2.75, 3.05) is 45.7 Å². The molecule has 0 aliphatic heterocycles. The van der Waals surface area contributed by atoms with Crippen molar-refractivity contribution < 1.29 is 4.48 Å². The summed E-state index contributed by atoms with van der Waals surface area (Å²) in [6.45, 7) is 5.20. The Kier molecular flexibility index (Phi) is 5.80. The van der Waals surface area contributed by atoms with Crippen molar-refractivity contribution in [3.63, 3.8) is 0 Å². The molecule has 6 aromatic rings. The topological polar surface area (TPSA) is 62.3 Å². The predicted octanol–water partition coefficient (Wildman–Crippen LogP) is 6.54. The van der Waals surface area contributed by atoms with Gasteiger partial charge in [0, 0.05) is 28.4 Å². The first kappa shape index (κ1) is 24.0. The van der Waals surface area contributed by atoms with Crippen molar-refractivity contribution in [1.29, 1.82) is 0 Å². The second kappa shape index (κ2) is 9.19. The Morgan fingerprint density at radius 1 is 0.868 bits per heavy atom. The van der Waals surface area contributed by atoms with Gasteiger partial charge in [0.25, 0.3) is 5.56 Å². The maximum atomic E-state index is 13.4. The van der Waals surface area contributed by atoms with Gasteiger partial charge in [-0.2, -0.15) is 10.2 Å². The standard InChI is InChI=1S/C31H31N6O/c1-5-35(17-18-37(2,3)4)24-15-13-22(14-16-24)33-34-23-19-21-9-8-10-25-29(21)26(20-23)30-32-27-11-6-7-12-28(27)36(30)31(25)38/h6-16,19-20H,5,17-18H2,1-4H3/q+1. The Bertz CT molecular complexity index is 1860. The molecule has 0 saturated carbocycles. The molecule has 0 radical (unpaired) electrons. The lowest BCUT2D eigenvalue weighted by molar-refractivity contribution is -0.868. The van der Waals surface area contributed by atoms with Crippen molar-refractivity contribution in [3.05, 3.63) is 89.2 Å². The molecule has 0 fully saturated rings. The van der Waals surface area contributed by atoms with Crippen LogP contribution in [0.5, 0.6) is 0 Å². The van der Waals surface area contributed by atoms with Gasteiger partial charge in [0.05, 0.1) is 56.6 Å². The van der Waals surface area contributed by atoms with Gasteiger partial charge >= 0.3 is 0 Å². The third-order valence-corrected chi connectivity index (χ3v) is 7.12. The number of hydrogen-bond acceptors (Lipinski definition) is 5. The molecule has 0 unspecified atom stereocenters. The molecule has 0 spiro atoms. The minimum atomic E-state index is -0.0520. The molecule has 0 aliphatic carbocycles. The number of hydrogen-bond donors (Lipinski definition) is 0. The second-order valence-corrected chi connectivity index (χ2v) is 10.8. The van der Waals surface area contributed by atoms with Crippen LogP contribution in [0.1, 0.15) is 6.92 Å². The highest BCUT2D eigenvalue weighted by Gasteiger charge is 2.17. The third kappa shape index (κ3) is 4.25. The molecule has 0 atom stereocenters. The number of likely N-dealkylation sites (N-methyl/N-ethyl adjacent to an activating group) is 2. The summed E-state index contributed by atoms with van der Waals surface area (Å²) in [6.07, 6.45) is 0. The van der Waals surface area contributed by atoms with Gasteiger partial charge in [-0.15, -0.1) is 0 Å². The lowest BCUT2D eigenvalue weighted by Crippen LogP contribution is -2.42. The van der Waals surface area contributed by atoms with Crippen LogP contribution in [-0.2, 0) is 0 Å². The lowest BCUT2D eigenvalue weighted by Gasteiger charge is -2.29. The number of para-hydroxylation sites is 2. The molecule has 38 heavy (non-hydrogen) atoms. The summed E-state index contributed by atoms with van der Waals surface area (Å²) < 4.78 is 2.65. The third-order valence-electron chi connectivity index (χ3n) is 7.12. The highest BCUT2D eigenvalue weighted by Crippen LogP contribution is 2.34. The fraction of sp³-hybridized carbons (Fsp3) is 0.226. The van der Waals surface area contributed by atoms with Crippen molar-refractivity contribution in [2.24, 2.45) is 10.2 Å². The van der Waals surface area contributed by atoms with Gasteiger partial charge in [0.2, 0.25) is 0 Å². The van der Waals surface area contributed by atoms with E-state index in [4.69, 9.17) is 4.98 Å². The van der Waals surface area contributed by atoms with Gasteiger partial charge in [-0.25, -0.2) is 4.98 Å². The Hall–Kier alpha value is -4.36. The molecule has 7 heteroatoms. The maximum Gasteiger partial charge on any atom is 0.264 e. The number of fused-ring (bicyclic) bond motifs is 4. The predicted molar refractivity (Wildman–Crippen MR) is 157 cm³/mol. The highest BCUT2D eigenvalue weighted by atomic mass is 16.1. The Labute approximate surface area is 221 Å². The van der Waals surface area contributed by atoms with Crippen LogP contribution in [0.4, 0.5) is 17.1 Å². The van der Waals surface area contributed by atoms with Crippen molar-refractivity contribution in [2.45, 2.75) is 6.92 Å². The molecule has 0 N–H and O–H groups in total. The number of benzene rings is 4. The quantitative estimate of drug-likeness (QED) is 0.184. The van der Waals surface area contributed by atoms with Crippen LogP contribution in [0.15, 0.2) is 93.9 Å². The van der Waals surface area contributed by atoms with Gasteiger partial charge in [-0.1, -0.05) is 24.3 Å². The van der Waals surface area contributed by atoms with E-state index in [1.54, 1.807) is 4.40 Å². The molecule has 0 saturated heterocycles. The number of anilines is 1. The van der Waals surface area contributed by atoms with Crippen LogP contribution in [0.25, 0.3) is 38.2 Å². The van der Waals surface area contributed by atoms with E-state index >= 15 is 0 Å². The van der Waals surface area contributed by atoms with Gasteiger partial charge in [0.1, 0.15) is 5.65 Å². The van der Waals surface area contributed by atoms with E-state index in [0.717, 1.165) is 62.7 Å². The summed E-state index contributed by atoms with van der Waals surface area (Å²) in [7, 11) is 6.64. The van der Waals surface area contributed by atoms with Crippen LogP contribution in [0, 0.1) is 0 Å². The van der Waals surface area contributed by atoms with Crippen LogP contribution in [-0.4, -0.2) is 54.6 Å². The van der Waals surface area contributed by atoms with Gasteiger partial charge in [-0.3, -0.25) is 9.20 Å². The summed E-state index contributed by atoms with van der Waals surface area (Å²) in [5, 5.41) is 12.6. The number of rotatable bonds is 7. The first-order valence-electron chi connectivity index (χ1n) is 13.0. The van der Waals surface area contributed by atoms with E-state index in [0.29, 0.717) is 11.0 Å². The number of aromatic nitrogens is 2. The first-order valence-corrected chi connectivity index (χ1v) is 13.0. The summed E-state index contributed by atoms with van der Waals surface area (Å²) in [5.41, 5.74) is 4.90. The molecular weight excluding hydrogens is 472 g/mol. The SMILES string of the molecule is CCN(CC[N+](C)(C)C)c1ccc(N=Nc2cc3cccc4c(=O)n5c6ccccc6nc5c(c2)c34)cc1. The number of nitrogens with zero attached hydrogens (tertiary/aromatic N) is 6. The Balaban J connectivity index is 1.38. The van der Waals surface area contributed by atoms with E-state index in [9.17, 15) is 4.79 Å². The minimum absolute atomic E-state index is 0.0520. The average molecular weight is 504 g/mol. The lowest BCUT2D eigenvalue weighted by atomic mass is 10.0. The molecule has 190 valence electrons.